The van der Waals surface area contributed by atoms with Crippen molar-refractivity contribution in [2.75, 3.05) is 5.32 Å². The standard InChI is InChI=1S/C34H26F3N7O/c1-38-32-28(19-6-3-2-4-7-19)29(37)33(43-31(32)25-18-40-30-24(25)15-21(35)16-26(30)36)41-22-8-5-9-23(17-22)42-34(45)20-10-12-44-13-11-39-27(44)14-20/h2-4,6-7,10-16,18,22-23,40H,5,8-9,17H2,(H,41,43)(H,42,45). The van der Waals surface area contributed by atoms with Crippen LogP contribution in [0.1, 0.15) is 36.0 Å². The van der Waals surface area contributed by atoms with E-state index in [1.54, 1.807) is 61.1 Å². The molecule has 2 atom stereocenters. The summed E-state index contributed by atoms with van der Waals surface area (Å²) in [6.07, 6.45) is 9.46. The molecule has 0 bridgehead atoms. The third-order valence-corrected chi connectivity index (χ3v) is 8.26. The second-order valence-corrected chi connectivity index (χ2v) is 11.1. The number of imidazole rings is 1. The summed E-state index contributed by atoms with van der Waals surface area (Å²) in [7, 11) is 0. The van der Waals surface area contributed by atoms with E-state index in [-0.39, 0.29) is 57.2 Å². The van der Waals surface area contributed by atoms with Gasteiger partial charge >= 0.3 is 0 Å². The van der Waals surface area contributed by atoms with Crippen LogP contribution in [0, 0.1) is 24.0 Å². The molecule has 8 nitrogen and oxygen atoms in total. The molecule has 0 aliphatic heterocycles. The lowest BCUT2D eigenvalue weighted by Gasteiger charge is -2.31. The van der Waals surface area contributed by atoms with Crippen molar-refractivity contribution in [3.8, 4) is 22.4 Å². The van der Waals surface area contributed by atoms with E-state index >= 15 is 4.39 Å². The lowest BCUT2D eigenvalue weighted by molar-refractivity contribution is 0.0926. The van der Waals surface area contributed by atoms with Crippen molar-refractivity contribution in [1.29, 1.82) is 0 Å². The van der Waals surface area contributed by atoms with Crippen molar-refractivity contribution in [1.82, 2.24) is 24.7 Å². The second kappa shape index (κ2) is 11.5. The molecule has 0 saturated heterocycles. The summed E-state index contributed by atoms with van der Waals surface area (Å²) >= 11 is 0. The van der Waals surface area contributed by atoms with E-state index in [9.17, 15) is 13.6 Å². The van der Waals surface area contributed by atoms with Crippen molar-refractivity contribution in [2.24, 2.45) is 0 Å². The summed E-state index contributed by atoms with van der Waals surface area (Å²) in [5, 5.41) is 6.52. The minimum absolute atomic E-state index is 0.0411. The van der Waals surface area contributed by atoms with Gasteiger partial charge in [0.1, 0.15) is 17.3 Å². The molecular formula is C34H26F3N7O. The zero-order valence-corrected chi connectivity index (χ0v) is 23.8. The number of halogens is 3. The molecule has 4 heterocycles. The average Bonchev–Trinajstić information content (AvgIpc) is 3.69. The van der Waals surface area contributed by atoms with E-state index in [0.717, 1.165) is 25.0 Å². The Balaban J connectivity index is 1.23. The highest BCUT2D eigenvalue weighted by Gasteiger charge is 2.29. The van der Waals surface area contributed by atoms with Crippen LogP contribution in [0.15, 0.2) is 79.4 Å². The summed E-state index contributed by atoms with van der Waals surface area (Å²) in [6.45, 7) is 7.98. The van der Waals surface area contributed by atoms with Crippen LogP contribution in [-0.2, 0) is 0 Å². The molecule has 11 heteroatoms. The lowest BCUT2D eigenvalue weighted by atomic mass is 9.90. The number of rotatable bonds is 6. The van der Waals surface area contributed by atoms with Crippen molar-refractivity contribution in [3.05, 3.63) is 114 Å². The third kappa shape index (κ3) is 5.25. The number of nitrogens with one attached hydrogen (secondary N) is 3. The van der Waals surface area contributed by atoms with Gasteiger partial charge < -0.3 is 20.0 Å². The van der Waals surface area contributed by atoms with Crippen molar-refractivity contribution in [3.63, 3.8) is 0 Å². The molecule has 1 saturated carbocycles. The topological polar surface area (TPSA) is 91.5 Å². The molecule has 1 aliphatic carbocycles. The van der Waals surface area contributed by atoms with Gasteiger partial charge in [0.05, 0.1) is 17.8 Å². The monoisotopic (exact) mass is 605 g/mol. The number of H-pyrrole nitrogens is 1. The van der Waals surface area contributed by atoms with Gasteiger partial charge in [-0.1, -0.05) is 30.3 Å². The fraction of sp³-hybridized carbons (Fsp3) is 0.176. The molecule has 0 radical (unpaired) electrons. The number of aromatic nitrogens is 4. The molecule has 1 amide bonds. The Hall–Kier alpha value is -5.63. The molecule has 0 spiro atoms. The van der Waals surface area contributed by atoms with Gasteiger partial charge in [-0.3, -0.25) is 4.79 Å². The van der Waals surface area contributed by atoms with Crippen LogP contribution in [0.4, 0.5) is 24.7 Å². The van der Waals surface area contributed by atoms with Crippen molar-refractivity contribution < 1.29 is 18.0 Å². The Labute approximate surface area is 255 Å². The van der Waals surface area contributed by atoms with Crippen LogP contribution in [0.25, 0.3) is 43.8 Å². The first-order valence-corrected chi connectivity index (χ1v) is 14.5. The SMILES string of the molecule is [C-]#[N+]c1c(-c2c[nH]c3c(F)cc(F)cc23)nc(NC2CCCC(NC(=O)c3ccn4ccnc4c3)C2)c(F)c1-c1ccccc1. The van der Waals surface area contributed by atoms with Crippen molar-refractivity contribution in [2.45, 2.75) is 37.8 Å². The van der Waals surface area contributed by atoms with Crippen LogP contribution >= 0.6 is 0 Å². The maximum Gasteiger partial charge on any atom is 0.251 e. The van der Waals surface area contributed by atoms with Gasteiger partial charge in [-0.25, -0.2) is 28.0 Å². The largest absolute Gasteiger partial charge is 0.365 e. The summed E-state index contributed by atoms with van der Waals surface area (Å²) in [4.78, 5) is 28.4. The predicted molar refractivity (Wildman–Crippen MR) is 165 cm³/mol. The number of nitrogens with zero attached hydrogens (tertiary/aromatic N) is 4. The van der Waals surface area contributed by atoms with E-state index in [1.165, 1.54) is 6.20 Å². The van der Waals surface area contributed by atoms with Crippen molar-refractivity contribution >= 4 is 34.0 Å². The number of amides is 1. The normalized spacial score (nSPS) is 16.5. The summed E-state index contributed by atoms with van der Waals surface area (Å²) in [6, 6.07) is 13.6. The zero-order chi connectivity index (χ0) is 31.1. The molecule has 3 N–H and O–H groups in total. The summed E-state index contributed by atoms with van der Waals surface area (Å²) in [5.41, 5.74) is 2.03. The fourth-order valence-electron chi connectivity index (χ4n) is 6.13. The number of anilines is 1. The van der Waals surface area contributed by atoms with E-state index < -0.39 is 17.5 Å². The maximum atomic E-state index is 16.4. The molecule has 4 aromatic heterocycles. The van der Waals surface area contributed by atoms with Crippen LogP contribution in [-0.4, -0.2) is 37.3 Å². The number of fused-ring (bicyclic) bond motifs is 2. The van der Waals surface area contributed by atoms with Gasteiger partial charge in [-0.05, 0) is 49.4 Å². The summed E-state index contributed by atoms with van der Waals surface area (Å²) in [5.74, 6) is -2.57. The number of hydrogen-bond acceptors (Lipinski definition) is 4. The quantitative estimate of drug-likeness (QED) is 0.170. The fourth-order valence-corrected chi connectivity index (χ4v) is 6.13. The highest BCUT2D eigenvalue weighted by molar-refractivity contribution is 6.01. The maximum absolute atomic E-state index is 16.4. The molecule has 7 rings (SSSR count). The number of aromatic amines is 1. The Bertz CT molecular complexity index is 2120. The molecule has 1 fully saturated rings. The Morgan fingerprint density at radius 3 is 2.69 bits per heavy atom. The minimum Gasteiger partial charge on any atom is -0.365 e. The molecular weight excluding hydrogens is 579 g/mol. The van der Waals surface area contributed by atoms with Crippen LogP contribution in [0.5, 0.6) is 0 Å². The van der Waals surface area contributed by atoms with Crippen LogP contribution < -0.4 is 10.6 Å². The first kappa shape index (κ1) is 28.2. The van der Waals surface area contributed by atoms with Gasteiger partial charge in [-0.2, -0.15) is 0 Å². The molecule has 2 aromatic carbocycles. The molecule has 45 heavy (non-hydrogen) atoms. The van der Waals surface area contributed by atoms with Crippen LogP contribution in [0.2, 0.25) is 0 Å². The van der Waals surface area contributed by atoms with Gasteiger partial charge in [0, 0.05) is 65.0 Å². The van der Waals surface area contributed by atoms with Gasteiger partial charge in [0.15, 0.2) is 11.6 Å². The second-order valence-electron chi connectivity index (χ2n) is 11.1. The van der Waals surface area contributed by atoms with E-state index in [0.29, 0.717) is 29.6 Å². The zero-order valence-electron chi connectivity index (χ0n) is 23.8. The highest BCUT2D eigenvalue weighted by atomic mass is 19.1. The number of carbonyl (C=O) groups excluding carboxylic acids is 1. The first-order valence-electron chi connectivity index (χ1n) is 14.5. The van der Waals surface area contributed by atoms with E-state index in [1.807, 2.05) is 4.40 Å². The summed E-state index contributed by atoms with van der Waals surface area (Å²) < 4.78 is 47.1. The molecule has 1 aliphatic rings. The van der Waals surface area contributed by atoms with Gasteiger partial charge in [0.2, 0.25) is 5.69 Å². The van der Waals surface area contributed by atoms with Gasteiger partial charge in [0.25, 0.3) is 5.91 Å². The average molecular weight is 606 g/mol. The minimum atomic E-state index is -0.788. The third-order valence-electron chi connectivity index (χ3n) is 8.26. The lowest BCUT2D eigenvalue weighted by Crippen LogP contribution is -2.42. The number of carbonyl (C=O) groups is 1. The first-order chi connectivity index (χ1) is 21.9. The highest BCUT2D eigenvalue weighted by Crippen LogP contribution is 2.44. The Kier molecular flexibility index (Phi) is 7.17. The predicted octanol–water partition coefficient (Wildman–Crippen LogP) is 7.67. The van der Waals surface area contributed by atoms with E-state index in [2.05, 4.69) is 30.4 Å². The Morgan fingerprint density at radius 1 is 1.04 bits per heavy atom. The van der Waals surface area contributed by atoms with Gasteiger partial charge in [-0.15, -0.1) is 0 Å². The number of benzene rings is 2. The molecule has 6 aromatic rings. The number of pyridine rings is 2. The smallest absolute Gasteiger partial charge is 0.251 e. The number of hydrogen-bond donors (Lipinski definition) is 3. The van der Waals surface area contributed by atoms with Crippen LogP contribution in [0.3, 0.4) is 0 Å². The molecule has 2 unspecified atom stereocenters. The van der Waals surface area contributed by atoms with E-state index in [4.69, 9.17) is 6.57 Å². The molecule has 224 valence electrons. The Morgan fingerprint density at radius 2 is 1.87 bits per heavy atom.